The molecule has 0 bridgehead atoms. The lowest BCUT2D eigenvalue weighted by molar-refractivity contribution is 0.414. The number of nitrogens with zero attached hydrogens (tertiary/aromatic N) is 1. The van der Waals surface area contributed by atoms with Crippen molar-refractivity contribution >= 4 is 15.9 Å². The van der Waals surface area contributed by atoms with Gasteiger partial charge in [0.05, 0.1) is 18.4 Å². The van der Waals surface area contributed by atoms with Crippen LogP contribution in [-0.2, 0) is 6.54 Å². The van der Waals surface area contributed by atoms with Gasteiger partial charge in [0.1, 0.15) is 12.0 Å². The first-order chi connectivity index (χ1) is 9.24. The van der Waals surface area contributed by atoms with Gasteiger partial charge in [0.2, 0.25) is 5.89 Å². The Morgan fingerprint density at radius 2 is 2.26 bits per heavy atom. The van der Waals surface area contributed by atoms with Gasteiger partial charge in [-0.25, -0.2) is 4.98 Å². The molecule has 0 aliphatic heterocycles. The zero-order valence-corrected chi connectivity index (χ0v) is 12.7. The predicted molar refractivity (Wildman–Crippen MR) is 78.2 cm³/mol. The maximum atomic E-state index is 5.53. The van der Waals surface area contributed by atoms with Gasteiger partial charge in [0.25, 0.3) is 0 Å². The van der Waals surface area contributed by atoms with Crippen molar-refractivity contribution in [3.8, 4) is 17.2 Å². The van der Waals surface area contributed by atoms with Crippen LogP contribution >= 0.6 is 15.9 Å². The molecule has 5 heteroatoms. The van der Waals surface area contributed by atoms with E-state index in [0.717, 1.165) is 41.0 Å². The monoisotopic (exact) mass is 324 g/mol. The molecule has 0 saturated heterocycles. The van der Waals surface area contributed by atoms with Crippen LogP contribution in [0, 0.1) is 0 Å². The fourth-order valence-corrected chi connectivity index (χ4v) is 2.12. The normalized spacial score (nSPS) is 10.7. The highest BCUT2D eigenvalue weighted by Gasteiger charge is 2.11. The lowest BCUT2D eigenvalue weighted by Crippen LogP contribution is -2.13. The van der Waals surface area contributed by atoms with Gasteiger partial charge in [0, 0.05) is 11.0 Å². The van der Waals surface area contributed by atoms with Gasteiger partial charge in [-0.05, 0) is 47.1 Å². The van der Waals surface area contributed by atoms with E-state index in [1.54, 1.807) is 13.4 Å². The molecule has 1 N–H and O–H groups in total. The van der Waals surface area contributed by atoms with E-state index in [1.165, 1.54) is 0 Å². The van der Waals surface area contributed by atoms with E-state index in [1.807, 2.05) is 18.2 Å². The van der Waals surface area contributed by atoms with Crippen molar-refractivity contribution in [1.29, 1.82) is 0 Å². The summed E-state index contributed by atoms with van der Waals surface area (Å²) in [6.45, 7) is 3.83. The molecule has 1 heterocycles. The Bertz CT molecular complexity index is 540. The van der Waals surface area contributed by atoms with E-state index in [9.17, 15) is 0 Å². The van der Waals surface area contributed by atoms with E-state index in [0.29, 0.717) is 5.89 Å². The van der Waals surface area contributed by atoms with Crippen LogP contribution < -0.4 is 10.1 Å². The molecule has 19 heavy (non-hydrogen) atoms. The van der Waals surface area contributed by atoms with Crippen LogP contribution in [0.3, 0.4) is 0 Å². The molecule has 0 saturated carbocycles. The maximum Gasteiger partial charge on any atom is 0.227 e. The lowest BCUT2D eigenvalue weighted by atomic mass is 10.2. The van der Waals surface area contributed by atoms with Gasteiger partial charge in [-0.1, -0.05) is 6.92 Å². The Labute approximate surface area is 121 Å². The first kappa shape index (κ1) is 14.1. The van der Waals surface area contributed by atoms with Crippen LogP contribution in [0.5, 0.6) is 5.75 Å². The van der Waals surface area contributed by atoms with E-state index in [4.69, 9.17) is 9.15 Å². The Kier molecular flexibility index (Phi) is 4.99. The molecule has 2 rings (SSSR count). The summed E-state index contributed by atoms with van der Waals surface area (Å²) < 4.78 is 11.7. The third kappa shape index (κ3) is 3.58. The standard InChI is InChI=1S/C14H17BrN2O2/c1-3-6-16-8-10-9-19-14(17-10)12-7-11(18-2)4-5-13(12)15/h4-5,7,9,16H,3,6,8H2,1-2H3. The van der Waals surface area contributed by atoms with E-state index >= 15 is 0 Å². The number of oxazole rings is 1. The Hall–Kier alpha value is -1.33. The molecule has 0 unspecified atom stereocenters. The molecular weight excluding hydrogens is 308 g/mol. The van der Waals surface area contributed by atoms with Crippen molar-refractivity contribution in [3.63, 3.8) is 0 Å². The molecule has 0 aliphatic rings. The zero-order chi connectivity index (χ0) is 13.7. The van der Waals surface area contributed by atoms with Crippen molar-refractivity contribution in [1.82, 2.24) is 10.3 Å². The number of ether oxygens (including phenoxy) is 1. The third-order valence-corrected chi connectivity index (χ3v) is 3.38. The van der Waals surface area contributed by atoms with E-state index in [2.05, 4.69) is 33.2 Å². The van der Waals surface area contributed by atoms with Gasteiger partial charge in [-0.2, -0.15) is 0 Å². The van der Waals surface area contributed by atoms with Gasteiger partial charge in [0.15, 0.2) is 0 Å². The molecule has 0 spiro atoms. The van der Waals surface area contributed by atoms with Gasteiger partial charge in [-0.3, -0.25) is 0 Å². The molecule has 0 atom stereocenters. The smallest absolute Gasteiger partial charge is 0.227 e. The second kappa shape index (κ2) is 6.73. The number of halogens is 1. The minimum absolute atomic E-state index is 0.596. The van der Waals surface area contributed by atoms with Gasteiger partial charge in [-0.15, -0.1) is 0 Å². The average molecular weight is 325 g/mol. The summed E-state index contributed by atoms with van der Waals surface area (Å²) in [7, 11) is 1.64. The molecule has 0 radical (unpaired) electrons. The second-order valence-corrected chi connectivity index (χ2v) is 5.02. The summed E-state index contributed by atoms with van der Waals surface area (Å²) >= 11 is 3.50. The molecular formula is C14H17BrN2O2. The van der Waals surface area contributed by atoms with Gasteiger partial charge < -0.3 is 14.5 Å². The Morgan fingerprint density at radius 1 is 1.42 bits per heavy atom. The lowest BCUT2D eigenvalue weighted by Gasteiger charge is -2.03. The number of methoxy groups -OCH3 is 1. The number of rotatable bonds is 6. The highest BCUT2D eigenvalue weighted by Crippen LogP contribution is 2.31. The number of nitrogens with one attached hydrogen (secondary N) is 1. The quantitative estimate of drug-likeness (QED) is 0.824. The van der Waals surface area contributed by atoms with Crippen molar-refractivity contribution in [2.45, 2.75) is 19.9 Å². The summed E-state index contributed by atoms with van der Waals surface area (Å²) in [6, 6.07) is 5.72. The number of benzene rings is 1. The highest BCUT2D eigenvalue weighted by atomic mass is 79.9. The number of hydrogen-bond acceptors (Lipinski definition) is 4. The Balaban J connectivity index is 2.17. The van der Waals surface area contributed by atoms with Crippen LogP contribution in [0.4, 0.5) is 0 Å². The van der Waals surface area contributed by atoms with Crippen molar-refractivity contribution in [2.75, 3.05) is 13.7 Å². The topological polar surface area (TPSA) is 47.3 Å². The zero-order valence-electron chi connectivity index (χ0n) is 11.1. The predicted octanol–water partition coefficient (Wildman–Crippen LogP) is 3.61. The summed E-state index contributed by atoms with van der Waals surface area (Å²) in [4.78, 5) is 4.47. The molecule has 0 amide bonds. The van der Waals surface area contributed by atoms with E-state index < -0.39 is 0 Å². The van der Waals surface area contributed by atoms with Crippen LogP contribution in [-0.4, -0.2) is 18.6 Å². The molecule has 0 aliphatic carbocycles. The largest absolute Gasteiger partial charge is 0.497 e. The highest BCUT2D eigenvalue weighted by molar-refractivity contribution is 9.10. The molecule has 4 nitrogen and oxygen atoms in total. The molecule has 102 valence electrons. The minimum Gasteiger partial charge on any atom is -0.497 e. The van der Waals surface area contributed by atoms with Crippen molar-refractivity contribution in [3.05, 3.63) is 34.6 Å². The van der Waals surface area contributed by atoms with Crippen LogP contribution in [0.2, 0.25) is 0 Å². The van der Waals surface area contributed by atoms with Crippen molar-refractivity contribution in [2.24, 2.45) is 0 Å². The van der Waals surface area contributed by atoms with Crippen LogP contribution in [0.1, 0.15) is 19.0 Å². The fraction of sp³-hybridized carbons (Fsp3) is 0.357. The van der Waals surface area contributed by atoms with Crippen molar-refractivity contribution < 1.29 is 9.15 Å². The maximum absolute atomic E-state index is 5.53. The number of aromatic nitrogens is 1. The summed E-state index contributed by atoms with van der Waals surface area (Å²) in [5, 5.41) is 3.29. The van der Waals surface area contributed by atoms with Gasteiger partial charge >= 0.3 is 0 Å². The fourth-order valence-electron chi connectivity index (χ4n) is 1.70. The van der Waals surface area contributed by atoms with E-state index in [-0.39, 0.29) is 0 Å². The second-order valence-electron chi connectivity index (χ2n) is 4.17. The molecule has 1 aromatic heterocycles. The van der Waals surface area contributed by atoms with Crippen LogP contribution in [0.25, 0.3) is 11.5 Å². The minimum atomic E-state index is 0.596. The summed E-state index contributed by atoms with van der Waals surface area (Å²) in [5.41, 5.74) is 1.79. The third-order valence-electron chi connectivity index (χ3n) is 2.69. The molecule has 0 fully saturated rings. The molecule has 2 aromatic rings. The number of hydrogen-bond donors (Lipinski definition) is 1. The Morgan fingerprint density at radius 3 is 3.00 bits per heavy atom. The first-order valence-electron chi connectivity index (χ1n) is 6.23. The SMILES string of the molecule is CCCNCc1coc(-c2cc(OC)ccc2Br)n1. The first-order valence-corrected chi connectivity index (χ1v) is 7.03. The van der Waals surface area contributed by atoms with Crippen LogP contribution in [0.15, 0.2) is 33.4 Å². The molecule has 1 aromatic carbocycles. The average Bonchev–Trinajstić information content (AvgIpc) is 2.88. The summed E-state index contributed by atoms with van der Waals surface area (Å²) in [6.07, 6.45) is 2.79. The summed E-state index contributed by atoms with van der Waals surface area (Å²) in [5.74, 6) is 1.38.